The summed E-state index contributed by atoms with van der Waals surface area (Å²) in [7, 11) is 0. The molecule has 134 valence electrons. The minimum atomic E-state index is -4.53. The Morgan fingerprint density at radius 2 is 1.65 bits per heavy atom. The summed E-state index contributed by atoms with van der Waals surface area (Å²) in [5.74, 6) is -0.447. The van der Waals surface area contributed by atoms with Crippen LogP contribution in [0.4, 0.5) is 18.9 Å². The van der Waals surface area contributed by atoms with Crippen LogP contribution in [0.3, 0.4) is 0 Å². The van der Waals surface area contributed by atoms with Gasteiger partial charge in [0.25, 0.3) is 0 Å². The third-order valence-corrected chi connectivity index (χ3v) is 3.84. The highest BCUT2D eigenvalue weighted by Crippen LogP contribution is 2.28. The van der Waals surface area contributed by atoms with Gasteiger partial charge in [0.05, 0.1) is 0 Å². The van der Waals surface area contributed by atoms with Crippen molar-refractivity contribution in [2.24, 2.45) is 0 Å². The second-order valence-electron chi connectivity index (χ2n) is 5.82. The smallest absolute Gasteiger partial charge is 0.324 e. The molecule has 4 nitrogen and oxygen atoms in total. The molecule has 1 N–H and O–H groups in total. The Hall–Kier alpha value is -3.09. The highest BCUT2D eigenvalue weighted by Gasteiger charge is 2.34. The number of rotatable bonds is 4. The molecule has 0 saturated heterocycles. The topological polar surface area (TPSA) is 46.9 Å². The fourth-order valence-electron chi connectivity index (χ4n) is 2.52. The summed E-state index contributed by atoms with van der Waals surface area (Å²) >= 11 is 0. The maximum Gasteiger partial charge on any atom is 0.435 e. The number of aryl methyl sites for hydroxylation is 1. The van der Waals surface area contributed by atoms with Gasteiger partial charge in [0.1, 0.15) is 6.54 Å². The summed E-state index contributed by atoms with van der Waals surface area (Å²) in [5.41, 5.74) is 1.89. The van der Waals surface area contributed by atoms with Gasteiger partial charge in [-0.3, -0.25) is 9.48 Å². The number of carbonyl (C=O) groups is 1. The van der Waals surface area contributed by atoms with Crippen LogP contribution in [-0.2, 0) is 17.5 Å². The zero-order valence-electron chi connectivity index (χ0n) is 13.9. The van der Waals surface area contributed by atoms with Crippen molar-refractivity contribution in [1.29, 1.82) is 0 Å². The van der Waals surface area contributed by atoms with E-state index in [0.717, 1.165) is 21.9 Å². The van der Waals surface area contributed by atoms with Crippen LogP contribution >= 0.6 is 0 Å². The molecular formula is C19H16F3N3O. The molecule has 0 bridgehead atoms. The van der Waals surface area contributed by atoms with Crippen molar-refractivity contribution in [2.45, 2.75) is 19.6 Å². The number of hydrogen-bond donors (Lipinski definition) is 1. The molecule has 0 radical (unpaired) electrons. The first kappa shape index (κ1) is 17.7. The molecule has 0 atom stereocenters. The van der Waals surface area contributed by atoms with Gasteiger partial charge < -0.3 is 5.32 Å². The molecule has 1 amide bonds. The van der Waals surface area contributed by atoms with Crippen LogP contribution in [0.15, 0.2) is 60.7 Å². The van der Waals surface area contributed by atoms with Crippen molar-refractivity contribution in [3.05, 3.63) is 72.1 Å². The van der Waals surface area contributed by atoms with E-state index in [4.69, 9.17) is 0 Å². The molecule has 7 heteroatoms. The van der Waals surface area contributed by atoms with Crippen LogP contribution in [0.25, 0.3) is 11.1 Å². The van der Waals surface area contributed by atoms with Gasteiger partial charge in [-0.1, -0.05) is 42.5 Å². The molecular weight excluding hydrogens is 343 g/mol. The number of amides is 1. The Balaban J connectivity index is 1.66. The lowest BCUT2D eigenvalue weighted by molar-refractivity contribution is -0.141. The Bertz CT molecular complexity index is 900. The monoisotopic (exact) mass is 359 g/mol. The molecule has 0 aliphatic heterocycles. The summed E-state index contributed by atoms with van der Waals surface area (Å²) in [6.45, 7) is 1.19. The quantitative estimate of drug-likeness (QED) is 0.745. The van der Waals surface area contributed by atoms with E-state index in [0.29, 0.717) is 5.69 Å². The standard InChI is InChI=1S/C19H16F3N3O/c1-13-11-17(19(20,21)22)24-25(13)12-18(26)23-16-9-7-15(8-10-16)14-5-3-2-4-6-14/h2-11H,12H2,1H3,(H,23,26). The molecule has 0 aliphatic rings. The van der Waals surface area contributed by atoms with Crippen molar-refractivity contribution in [1.82, 2.24) is 9.78 Å². The Kier molecular flexibility index (Phi) is 4.79. The van der Waals surface area contributed by atoms with Crippen LogP contribution in [-0.4, -0.2) is 15.7 Å². The van der Waals surface area contributed by atoms with Gasteiger partial charge in [-0.05, 0) is 36.2 Å². The van der Waals surface area contributed by atoms with Crippen LogP contribution in [0.5, 0.6) is 0 Å². The van der Waals surface area contributed by atoms with E-state index in [2.05, 4.69) is 10.4 Å². The lowest BCUT2D eigenvalue weighted by Crippen LogP contribution is -2.20. The van der Waals surface area contributed by atoms with Crippen molar-refractivity contribution >= 4 is 11.6 Å². The van der Waals surface area contributed by atoms with Crippen LogP contribution < -0.4 is 5.32 Å². The number of benzene rings is 2. The Morgan fingerprint density at radius 1 is 1.04 bits per heavy atom. The minimum absolute atomic E-state index is 0.270. The van der Waals surface area contributed by atoms with Crippen molar-refractivity contribution in [3.63, 3.8) is 0 Å². The number of carbonyl (C=O) groups excluding carboxylic acids is 1. The summed E-state index contributed by atoms with van der Waals surface area (Å²) in [5, 5.41) is 6.11. The van der Waals surface area contributed by atoms with Crippen molar-refractivity contribution < 1.29 is 18.0 Å². The SMILES string of the molecule is Cc1cc(C(F)(F)F)nn1CC(=O)Nc1ccc(-c2ccccc2)cc1. The maximum absolute atomic E-state index is 12.7. The number of halogens is 3. The zero-order valence-corrected chi connectivity index (χ0v) is 13.9. The van der Waals surface area contributed by atoms with Crippen molar-refractivity contribution in [2.75, 3.05) is 5.32 Å². The lowest BCUT2D eigenvalue weighted by Gasteiger charge is -2.08. The Morgan fingerprint density at radius 3 is 2.23 bits per heavy atom. The molecule has 0 spiro atoms. The fourth-order valence-corrected chi connectivity index (χ4v) is 2.52. The normalized spacial score (nSPS) is 11.4. The van der Waals surface area contributed by atoms with Gasteiger partial charge in [-0.2, -0.15) is 18.3 Å². The summed E-state index contributed by atoms with van der Waals surface area (Å²) in [4.78, 5) is 12.1. The molecule has 26 heavy (non-hydrogen) atoms. The fraction of sp³-hybridized carbons (Fsp3) is 0.158. The molecule has 0 aliphatic carbocycles. The summed E-state index contributed by atoms with van der Waals surface area (Å²) < 4.78 is 39.0. The van der Waals surface area contributed by atoms with Crippen LogP contribution in [0.1, 0.15) is 11.4 Å². The minimum Gasteiger partial charge on any atom is -0.324 e. The average molecular weight is 359 g/mol. The number of aromatic nitrogens is 2. The number of alkyl halides is 3. The van der Waals surface area contributed by atoms with Crippen LogP contribution in [0, 0.1) is 6.92 Å². The van der Waals surface area contributed by atoms with E-state index in [1.807, 2.05) is 42.5 Å². The largest absolute Gasteiger partial charge is 0.435 e. The van der Waals surface area contributed by atoms with E-state index in [-0.39, 0.29) is 12.2 Å². The first-order valence-electron chi connectivity index (χ1n) is 7.90. The van der Waals surface area contributed by atoms with Gasteiger partial charge >= 0.3 is 6.18 Å². The molecule has 0 unspecified atom stereocenters. The molecule has 0 fully saturated rings. The number of anilines is 1. The molecule has 3 aromatic rings. The highest BCUT2D eigenvalue weighted by atomic mass is 19.4. The second kappa shape index (κ2) is 7.03. The average Bonchev–Trinajstić information content (AvgIpc) is 2.97. The van der Waals surface area contributed by atoms with Gasteiger partial charge in [0.2, 0.25) is 5.91 Å². The van der Waals surface area contributed by atoms with Crippen molar-refractivity contribution in [3.8, 4) is 11.1 Å². The lowest BCUT2D eigenvalue weighted by atomic mass is 10.1. The Labute approximate surface area is 148 Å². The third-order valence-electron chi connectivity index (χ3n) is 3.84. The van der Waals surface area contributed by atoms with Gasteiger partial charge in [0, 0.05) is 11.4 Å². The summed E-state index contributed by atoms with van der Waals surface area (Å²) in [6, 6.07) is 17.9. The summed E-state index contributed by atoms with van der Waals surface area (Å²) in [6.07, 6.45) is -4.53. The molecule has 1 aromatic heterocycles. The van der Waals surface area contributed by atoms with Gasteiger partial charge in [0.15, 0.2) is 5.69 Å². The number of nitrogens with zero attached hydrogens (tertiary/aromatic N) is 2. The van der Waals surface area contributed by atoms with Crippen LogP contribution in [0.2, 0.25) is 0 Å². The first-order valence-corrected chi connectivity index (χ1v) is 7.90. The second-order valence-corrected chi connectivity index (χ2v) is 5.82. The van der Waals surface area contributed by atoms with Gasteiger partial charge in [-0.25, -0.2) is 0 Å². The van der Waals surface area contributed by atoms with E-state index >= 15 is 0 Å². The predicted octanol–water partition coefficient (Wildman–Crippen LogP) is 4.52. The first-order chi connectivity index (χ1) is 12.3. The molecule has 1 heterocycles. The number of nitrogens with one attached hydrogen (secondary N) is 1. The predicted molar refractivity (Wildman–Crippen MR) is 92.5 cm³/mol. The molecule has 0 saturated carbocycles. The third kappa shape index (κ3) is 4.11. The van der Waals surface area contributed by atoms with Gasteiger partial charge in [-0.15, -0.1) is 0 Å². The number of hydrogen-bond acceptors (Lipinski definition) is 2. The van der Waals surface area contributed by atoms with E-state index in [1.54, 1.807) is 12.1 Å². The van der Waals surface area contributed by atoms with E-state index < -0.39 is 17.8 Å². The van der Waals surface area contributed by atoms with E-state index in [9.17, 15) is 18.0 Å². The highest BCUT2D eigenvalue weighted by molar-refractivity contribution is 5.90. The molecule has 3 rings (SSSR count). The maximum atomic E-state index is 12.7. The van der Waals surface area contributed by atoms with E-state index in [1.165, 1.54) is 6.92 Å². The molecule has 2 aromatic carbocycles. The zero-order chi connectivity index (χ0) is 18.7.